The third-order valence-electron chi connectivity index (χ3n) is 1.88. The summed E-state index contributed by atoms with van der Waals surface area (Å²) < 4.78 is 0. The highest BCUT2D eigenvalue weighted by Crippen LogP contribution is 2.26. The van der Waals surface area contributed by atoms with Gasteiger partial charge in [0.1, 0.15) is 0 Å². The van der Waals surface area contributed by atoms with E-state index in [9.17, 15) is 4.79 Å². The molecule has 64 valence electrons. The zero-order valence-electron chi connectivity index (χ0n) is 6.90. The van der Waals surface area contributed by atoms with Crippen molar-refractivity contribution in [2.75, 3.05) is 0 Å². The number of amides is 1. The Hall–Kier alpha value is -1.84. The van der Waals surface area contributed by atoms with E-state index in [-0.39, 0.29) is 5.91 Å². The zero-order chi connectivity index (χ0) is 9.26. The number of hydrogen-bond acceptors (Lipinski definition) is 3. The number of hydrogen-bond donors (Lipinski definition) is 0. The van der Waals surface area contributed by atoms with Crippen LogP contribution in [0.4, 0.5) is 5.69 Å². The van der Waals surface area contributed by atoms with Crippen LogP contribution in [0.5, 0.6) is 0 Å². The Kier molecular flexibility index (Phi) is 1.73. The second-order valence-electron chi connectivity index (χ2n) is 2.63. The molecule has 1 aliphatic heterocycles. The maximum absolute atomic E-state index is 11.2. The Morgan fingerprint density at radius 3 is 3.23 bits per heavy atom. The van der Waals surface area contributed by atoms with E-state index in [0.29, 0.717) is 17.7 Å². The lowest BCUT2D eigenvalue weighted by atomic mass is 10.1. The maximum Gasteiger partial charge on any atom is 0.278 e. The summed E-state index contributed by atoms with van der Waals surface area (Å²) in [5.74, 6) is -0.349. The van der Waals surface area contributed by atoms with Crippen LogP contribution in [0.2, 0.25) is 0 Å². The van der Waals surface area contributed by atoms with E-state index in [4.69, 9.17) is 0 Å². The van der Waals surface area contributed by atoms with E-state index >= 15 is 0 Å². The van der Waals surface area contributed by atoms with Crippen LogP contribution in [0, 0.1) is 0 Å². The van der Waals surface area contributed by atoms with Crippen LogP contribution >= 0.6 is 0 Å². The second kappa shape index (κ2) is 2.90. The molecule has 1 aromatic rings. The quantitative estimate of drug-likeness (QED) is 0.599. The largest absolute Gasteiger partial charge is 0.278 e. The van der Waals surface area contributed by atoms with Gasteiger partial charge < -0.3 is 0 Å². The van der Waals surface area contributed by atoms with Crippen LogP contribution in [-0.4, -0.2) is 23.8 Å². The Balaban J connectivity index is 2.58. The minimum Gasteiger partial charge on any atom is -0.267 e. The van der Waals surface area contributed by atoms with Gasteiger partial charge in [-0.3, -0.25) is 14.8 Å². The van der Waals surface area contributed by atoms with Gasteiger partial charge in [-0.25, -0.2) is 4.99 Å². The molecule has 0 atom stereocenters. The van der Waals surface area contributed by atoms with Crippen LogP contribution in [-0.2, 0) is 6.42 Å². The highest BCUT2D eigenvalue weighted by molar-refractivity contribution is 6.03. The molecule has 0 N–H and O–H groups in total. The fourth-order valence-electron chi connectivity index (χ4n) is 1.27. The van der Waals surface area contributed by atoms with Crippen molar-refractivity contribution in [2.45, 2.75) is 6.42 Å². The zero-order valence-corrected chi connectivity index (χ0v) is 6.90. The monoisotopic (exact) mass is 173 g/mol. The Labute approximate surface area is 75.1 Å². The average molecular weight is 173 g/mol. The van der Waals surface area contributed by atoms with Crippen molar-refractivity contribution in [2.24, 2.45) is 9.98 Å². The molecule has 0 bridgehead atoms. The summed E-state index contributed by atoms with van der Waals surface area (Å²) in [5, 5.41) is 0. The molecular weight excluding hydrogens is 166 g/mol. The molecule has 0 aromatic carbocycles. The van der Waals surface area contributed by atoms with Crippen molar-refractivity contribution in [3.05, 3.63) is 23.5 Å². The number of rotatable bonds is 1. The first-order chi connectivity index (χ1) is 6.33. The van der Waals surface area contributed by atoms with Crippen LogP contribution in [0.1, 0.15) is 16.1 Å². The summed E-state index contributed by atoms with van der Waals surface area (Å²) in [6.07, 6.45) is 4.01. The van der Waals surface area contributed by atoms with E-state index in [1.165, 1.54) is 0 Å². The Morgan fingerprint density at radius 2 is 2.46 bits per heavy atom. The molecule has 1 aliphatic rings. The molecule has 2 heterocycles. The SMILES string of the molecule is C=NC(=O)c1ccnc2c1N=CC2. The van der Waals surface area contributed by atoms with Gasteiger partial charge in [-0.2, -0.15) is 0 Å². The van der Waals surface area contributed by atoms with Gasteiger partial charge >= 0.3 is 0 Å². The van der Waals surface area contributed by atoms with Crippen molar-refractivity contribution in [1.29, 1.82) is 0 Å². The van der Waals surface area contributed by atoms with Crippen LogP contribution < -0.4 is 0 Å². The van der Waals surface area contributed by atoms with E-state index in [1.807, 2.05) is 0 Å². The summed E-state index contributed by atoms with van der Waals surface area (Å²) in [6.45, 7) is 3.19. The molecular formula is C9H7N3O. The van der Waals surface area contributed by atoms with Crippen molar-refractivity contribution < 1.29 is 4.79 Å². The molecule has 0 fully saturated rings. The number of carbonyl (C=O) groups is 1. The lowest BCUT2D eigenvalue weighted by Crippen LogP contribution is -1.96. The number of carbonyl (C=O) groups excluding carboxylic acids is 1. The van der Waals surface area contributed by atoms with Gasteiger partial charge in [0.2, 0.25) is 0 Å². The molecule has 2 rings (SSSR count). The lowest BCUT2D eigenvalue weighted by Gasteiger charge is -2.00. The van der Waals surface area contributed by atoms with Crippen LogP contribution in [0.25, 0.3) is 0 Å². The van der Waals surface area contributed by atoms with Gasteiger partial charge in [0, 0.05) is 18.8 Å². The topological polar surface area (TPSA) is 54.7 Å². The van der Waals surface area contributed by atoms with Crippen molar-refractivity contribution in [3.63, 3.8) is 0 Å². The molecule has 0 spiro atoms. The smallest absolute Gasteiger partial charge is 0.267 e. The van der Waals surface area contributed by atoms with Gasteiger partial charge in [-0.15, -0.1) is 0 Å². The Morgan fingerprint density at radius 1 is 1.62 bits per heavy atom. The van der Waals surface area contributed by atoms with Gasteiger partial charge in [-0.1, -0.05) is 0 Å². The summed E-state index contributed by atoms with van der Waals surface area (Å²) >= 11 is 0. The molecule has 0 unspecified atom stereocenters. The summed E-state index contributed by atoms with van der Waals surface area (Å²) in [7, 11) is 0. The number of pyridine rings is 1. The molecule has 0 saturated carbocycles. The number of aromatic nitrogens is 1. The molecule has 0 radical (unpaired) electrons. The van der Waals surface area contributed by atoms with Gasteiger partial charge in [0.15, 0.2) is 0 Å². The molecule has 4 nitrogen and oxygen atoms in total. The number of nitrogens with zero attached hydrogens (tertiary/aromatic N) is 3. The third kappa shape index (κ3) is 1.16. The highest BCUT2D eigenvalue weighted by Gasteiger charge is 2.16. The van der Waals surface area contributed by atoms with Gasteiger partial charge in [-0.05, 0) is 12.8 Å². The first kappa shape index (κ1) is 7.79. The van der Waals surface area contributed by atoms with E-state index < -0.39 is 0 Å². The standard InChI is InChI=1S/C9H7N3O/c1-10-9(13)6-2-4-11-7-3-5-12-8(6)7/h2,4-5H,1,3H2. The van der Waals surface area contributed by atoms with Crippen molar-refractivity contribution >= 4 is 24.5 Å². The molecule has 13 heavy (non-hydrogen) atoms. The second-order valence-corrected chi connectivity index (χ2v) is 2.63. The van der Waals surface area contributed by atoms with E-state index in [2.05, 4.69) is 21.7 Å². The third-order valence-corrected chi connectivity index (χ3v) is 1.88. The normalized spacial score (nSPS) is 12.6. The maximum atomic E-state index is 11.2. The number of aliphatic imine (C=N–C) groups is 2. The molecule has 4 heteroatoms. The van der Waals surface area contributed by atoms with Crippen molar-refractivity contribution in [1.82, 2.24) is 4.98 Å². The molecule has 1 amide bonds. The average Bonchev–Trinajstić information content (AvgIpc) is 2.63. The fourth-order valence-corrected chi connectivity index (χ4v) is 1.27. The van der Waals surface area contributed by atoms with Gasteiger partial charge in [0.25, 0.3) is 5.91 Å². The molecule has 1 aromatic heterocycles. The lowest BCUT2D eigenvalue weighted by molar-refractivity contribution is 0.100. The summed E-state index contributed by atoms with van der Waals surface area (Å²) in [4.78, 5) is 22.8. The molecule has 0 aliphatic carbocycles. The van der Waals surface area contributed by atoms with Crippen LogP contribution in [0.15, 0.2) is 22.2 Å². The predicted molar refractivity (Wildman–Crippen MR) is 50.0 cm³/mol. The minimum atomic E-state index is -0.349. The van der Waals surface area contributed by atoms with Crippen molar-refractivity contribution in [3.8, 4) is 0 Å². The first-order valence-electron chi connectivity index (χ1n) is 3.84. The van der Waals surface area contributed by atoms with Crippen LogP contribution in [0.3, 0.4) is 0 Å². The minimum absolute atomic E-state index is 0.349. The van der Waals surface area contributed by atoms with Gasteiger partial charge in [0.05, 0.1) is 16.9 Å². The number of fused-ring (bicyclic) bond motifs is 1. The highest BCUT2D eigenvalue weighted by atomic mass is 16.1. The molecule has 0 saturated heterocycles. The predicted octanol–water partition coefficient (Wildman–Crippen LogP) is 1.18. The first-order valence-corrected chi connectivity index (χ1v) is 3.84. The Bertz CT molecular complexity index is 409. The fraction of sp³-hybridized carbons (Fsp3) is 0.111. The van der Waals surface area contributed by atoms with E-state index in [1.54, 1.807) is 18.5 Å². The summed E-state index contributed by atoms with van der Waals surface area (Å²) in [6, 6.07) is 1.61. The summed E-state index contributed by atoms with van der Waals surface area (Å²) in [5.41, 5.74) is 1.95. The van der Waals surface area contributed by atoms with E-state index in [0.717, 1.165) is 5.69 Å².